The van der Waals surface area contributed by atoms with E-state index in [2.05, 4.69) is 5.10 Å². The molecule has 0 radical (unpaired) electrons. The van der Waals surface area contributed by atoms with Crippen molar-refractivity contribution in [3.05, 3.63) is 85.5 Å². The topological polar surface area (TPSA) is 98.4 Å². The molecule has 0 N–H and O–H groups in total. The van der Waals surface area contributed by atoms with Gasteiger partial charge in [0.2, 0.25) is 0 Å². The van der Waals surface area contributed by atoms with E-state index in [-0.39, 0.29) is 6.04 Å². The highest BCUT2D eigenvalue weighted by molar-refractivity contribution is 7.12. The van der Waals surface area contributed by atoms with E-state index in [4.69, 9.17) is 13.9 Å². The molecule has 1 aliphatic heterocycles. The number of hydrazone groups is 1. The minimum absolute atomic E-state index is 0.230. The van der Waals surface area contributed by atoms with E-state index >= 15 is 0 Å². The van der Waals surface area contributed by atoms with Gasteiger partial charge in [-0.1, -0.05) is 12.1 Å². The maximum absolute atomic E-state index is 12.9. The summed E-state index contributed by atoms with van der Waals surface area (Å²) in [6.07, 6.45) is 0.599. The molecule has 172 valence electrons. The van der Waals surface area contributed by atoms with Crippen LogP contribution in [-0.2, 0) is 14.3 Å². The fraction of sp³-hybridized carbons (Fsp3) is 0.167. The van der Waals surface area contributed by atoms with Gasteiger partial charge in [-0.3, -0.25) is 4.79 Å². The largest absolute Gasteiger partial charge is 0.482 e. The molecule has 1 amide bonds. The quantitative estimate of drug-likeness (QED) is 0.282. The second-order valence-corrected chi connectivity index (χ2v) is 9.33. The van der Waals surface area contributed by atoms with Crippen LogP contribution >= 0.6 is 22.7 Å². The van der Waals surface area contributed by atoms with Gasteiger partial charge >= 0.3 is 11.6 Å². The maximum atomic E-state index is 12.9. The molecule has 3 aromatic heterocycles. The fourth-order valence-corrected chi connectivity index (χ4v) is 5.09. The van der Waals surface area contributed by atoms with Gasteiger partial charge in [-0.05, 0) is 41.1 Å². The van der Waals surface area contributed by atoms with E-state index in [1.165, 1.54) is 17.1 Å². The molecule has 0 saturated carbocycles. The maximum Gasteiger partial charge on any atom is 0.344 e. The van der Waals surface area contributed by atoms with Gasteiger partial charge in [-0.2, -0.15) is 5.10 Å². The van der Waals surface area contributed by atoms with Crippen molar-refractivity contribution >= 4 is 51.2 Å². The zero-order valence-electron chi connectivity index (χ0n) is 17.7. The van der Waals surface area contributed by atoms with Crippen molar-refractivity contribution in [3.8, 4) is 5.75 Å². The first-order valence-electron chi connectivity index (χ1n) is 10.4. The van der Waals surface area contributed by atoms with E-state index in [9.17, 15) is 14.4 Å². The first kappa shape index (κ1) is 22.1. The van der Waals surface area contributed by atoms with Crippen LogP contribution in [0, 0.1) is 0 Å². The average molecular weight is 495 g/mol. The number of rotatable bonds is 7. The Morgan fingerprint density at radius 1 is 1.06 bits per heavy atom. The lowest BCUT2D eigenvalue weighted by Gasteiger charge is -2.20. The van der Waals surface area contributed by atoms with Crippen LogP contribution < -0.4 is 10.4 Å². The molecule has 8 nitrogen and oxygen atoms in total. The van der Waals surface area contributed by atoms with E-state index in [0.29, 0.717) is 17.8 Å². The lowest BCUT2D eigenvalue weighted by Crippen LogP contribution is -2.31. The van der Waals surface area contributed by atoms with Crippen LogP contribution in [0.2, 0.25) is 0 Å². The van der Waals surface area contributed by atoms with Crippen LogP contribution in [0.25, 0.3) is 11.0 Å². The molecule has 10 heteroatoms. The highest BCUT2D eigenvalue weighted by Gasteiger charge is 2.34. The Morgan fingerprint density at radius 2 is 1.88 bits per heavy atom. The molecule has 1 aliphatic rings. The summed E-state index contributed by atoms with van der Waals surface area (Å²) in [4.78, 5) is 38.5. The summed E-state index contributed by atoms with van der Waals surface area (Å²) in [5.74, 6) is -0.768. The zero-order chi connectivity index (χ0) is 23.5. The number of hydrogen-bond acceptors (Lipinski definition) is 9. The number of hydrogen-bond donors (Lipinski definition) is 0. The van der Waals surface area contributed by atoms with E-state index in [1.807, 2.05) is 35.0 Å². The Hall–Kier alpha value is -3.76. The summed E-state index contributed by atoms with van der Waals surface area (Å²) in [5.41, 5.74) is 0.705. The lowest BCUT2D eigenvalue weighted by atomic mass is 10.1. The molecule has 1 unspecified atom stereocenters. The number of amides is 1. The van der Waals surface area contributed by atoms with Crippen LogP contribution in [0.1, 0.15) is 22.2 Å². The second kappa shape index (κ2) is 9.62. The number of ether oxygens (including phenoxy) is 2. The molecule has 4 heterocycles. The standard InChI is InChI=1S/C24H18N2O6S2/c27-22(26-18(21-4-2-10-34-21)12-17(25-26)20-3-1-9-33-20)13-31-24(29)14-30-16-7-5-15-6-8-23(28)32-19(15)11-16/h1-11,18H,12-14H2. The van der Waals surface area contributed by atoms with Crippen molar-refractivity contribution in [3.63, 3.8) is 0 Å². The van der Waals surface area contributed by atoms with Crippen LogP contribution in [0.15, 0.2) is 79.7 Å². The summed E-state index contributed by atoms with van der Waals surface area (Å²) < 4.78 is 15.7. The number of benzene rings is 1. The van der Waals surface area contributed by atoms with Crippen molar-refractivity contribution in [2.24, 2.45) is 5.10 Å². The normalized spacial score (nSPS) is 15.4. The third-order valence-electron chi connectivity index (χ3n) is 5.15. The number of nitrogens with zero attached hydrogens (tertiary/aromatic N) is 2. The van der Waals surface area contributed by atoms with Gasteiger partial charge in [-0.25, -0.2) is 14.6 Å². The Balaban J connectivity index is 1.20. The average Bonchev–Trinajstić information content (AvgIpc) is 3.61. The molecule has 0 bridgehead atoms. The zero-order valence-corrected chi connectivity index (χ0v) is 19.3. The molecular weight excluding hydrogens is 476 g/mol. The molecule has 1 atom stereocenters. The monoisotopic (exact) mass is 494 g/mol. The number of carbonyl (C=O) groups is 2. The summed E-state index contributed by atoms with van der Waals surface area (Å²) in [7, 11) is 0. The smallest absolute Gasteiger partial charge is 0.344 e. The minimum Gasteiger partial charge on any atom is -0.482 e. The molecule has 0 fully saturated rings. The number of thiophene rings is 2. The van der Waals surface area contributed by atoms with Crippen LogP contribution in [0.4, 0.5) is 0 Å². The van der Waals surface area contributed by atoms with E-state index < -0.39 is 30.7 Å². The first-order valence-corrected chi connectivity index (χ1v) is 12.1. The molecular formula is C24H18N2O6S2. The van der Waals surface area contributed by atoms with Crippen molar-refractivity contribution < 1.29 is 23.5 Å². The van der Waals surface area contributed by atoms with Gasteiger partial charge in [0.15, 0.2) is 13.2 Å². The van der Waals surface area contributed by atoms with Gasteiger partial charge in [0.25, 0.3) is 5.91 Å². The molecule has 1 aromatic carbocycles. The summed E-state index contributed by atoms with van der Waals surface area (Å²) in [5, 5.41) is 10.6. The second-order valence-electron chi connectivity index (χ2n) is 7.40. The third-order valence-corrected chi connectivity index (χ3v) is 7.04. The highest BCUT2D eigenvalue weighted by Crippen LogP contribution is 2.35. The SMILES string of the molecule is O=C(COc1ccc2ccc(=O)oc2c1)OCC(=O)N1N=C(c2cccs2)CC1c1cccs1. The van der Waals surface area contributed by atoms with E-state index in [1.54, 1.807) is 40.9 Å². The first-order chi connectivity index (χ1) is 16.6. The fourth-order valence-electron chi connectivity index (χ4n) is 3.56. The van der Waals surface area contributed by atoms with E-state index in [0.717, 1.165) is 20.9 Å². The van der Waals surface area contributed by atoms with Crippen molar-refractivity contribution in [2.45, 2.75) is 12.5 Å². The molecule has 4 aromatic rings. The van der Waals surface area contributed by atoms with Crippen LogP contribution in [-0.4, -0.2) is 35.8 Å². The molecule has 0 aliphatic carbocycles. The summed E-state index contributed by atoms with van der Waals surface area (Å²) in [6.45, 7) is -0.841. The summed E-state index contributed by atoms with van der Waals surface area (Å²) in [6, 6.07) is 15.4. The molecule has 34 heavy (non-hydrogen) atoms. The van der Waals surface area contributed by atoms with Crippen molar-refractivity contribution in [2.75, 3.05) is 13.2 Å². The molecule has 5 rings (SSSR count). The minimum atomic E-state index is -0.697. The van der Waals surface area contributed by atoms with Gasteiger partial charge < -0.3 is 13.9 Å². The molecule has 0 saturated heterocycles. The van der Waals surface area contributed by atoms with Crippen molar-refractivity contribution in [1.29, 1.82) is 0 Å². The predicted molar refractivity (Wildman–Crippen MR) is 128 cm³/mol. The predicted octanol–water partition coefficient (Wildman–Crippen LogP) is 4.22. The van der Waals surface area contributed by atoms with Crippen LogP contribution in [0.3, 0.4) is 0 Å². The Bertz CT molecular complexity index is 1410. The third kappa shape index (κ3) is 4.78. The van der Waals surface area contributed by atoms with Gasteiger partial charge in [-0.15, -0.1) is 22.7 Å². The Labute approximate surface area is 201 Å². The Morgan fingerprint density at radius 3 is 2.68 bits per heavy atom. The lowest BCUT2D eigenvalue weighted by molar-refractivity contribution is -0.154. The Kier molecular flexibility index (Phi) is 6.24. The summed E-state index contributed by atoms with van der Waals surface area (Å²) >= 11 is 3.12. The van der Waals surface area contributed by atoms with Crippen LogP contribution in [0.5, 0.6) is 5.75 Å². The number of carbonyl (C=O) groups excluding carboxylic acids is 2. The van der Waals surface area contributed by atoms with Gasteiger partial charge in [0, 0.05) is 28.8 Å². The van der Waals surface area contributed by atoms with Gasteiger partial charge in [0.05, 0.1) is 16.6 Å². The number of fused-ring (bicyclic) bond motifs is 1. The molecule has 0 spiro atoms. The van der Waals surface area contributed by atoms with Gasteiger partial charge in [0.1, 0.15) is 11.3 Å². The number of esters is 1. The van der Waals surface area contributed by atoms with Crippen molar-refractivity contribution in [1.82, 2.24) is 5.01 Å². The highest BCUT2D eigenvalue weighted by atomic mass is 32.1.